The molecule has 1 aromatic heterocycles. The summed E-state index contributed by atoms with van der Waals surface area (Å²) < 4.78 is 25.2. The van der Waals surface area contributed by atoms with Crippen LogP contribution in [-0.4, -0.2) is 61.6 Å². The van der Waals surface area contributed by atoms with Gasteiger partial charge in [-0.05, 0) is 54.1 Å². The van der Waals surface area contributed by atoms with Crippen molar-refractivity contribution in [1.82, 2.24) is 9.80 Å². The molecule has 0 fully saturated rings. The van der Waals surface area contributed by atoms with E-state index in [1.54, 1.807) is 47.6 Å². The summed E-state index contributed by atoms with van der Waals surface area (Å²) in [6.45, 7) is 3.05. The van der Waals surface area contributed by atoms with Gasteiger partial charge in [0.05, 0.1) is 12.6 Å². The van der Waals surface area contributed by atoms with Crippen molar-refractivity contribution in [3.8, 4) is 5.75 Å². The Balaban J connectivity index is 1.54. The quantitative estimate of drug-likeness (QED) is 0.438. The monoisotopic (exact) mass is 496 g/mol. The number of halogens is 1. The number of carbonyl (C=O) groups excluding carboxylic acids is 2. The Morgan fingerprint density at radius 2 is 1.91 bits per heavy atom. The molecule has 3 aromatic rings. The number of methoxy groups -OCH3 is 1. The molecular weight excluding hydrogens is 467 g/mol. The van der Waals surface area contributed by atoms with Crippen LogP contribution in [0.1, 0.15) is 32.4 Å². The lowest BCUT2D eigenvalue weighted by molar-refractivity contribution is -0.135. The molecular formula is C27H29FN2O4S. The smallest absolute Gasteiger partial charge is 0.254 e. The predicted octanol–water partition coefficient (Wildman–Crippen LogP) is 4.49. The lowest BCUT2D eigenvalue weighted by Crippen LogP contribution is -2.48. The maximum atomic E-state index is 14.1. The molecule has 1 aliphatic heterocycles. The second-order valence-electron chi connectivity index (χ2n) is 8.43. The van der Waals surface area contributed by atoms with Crippen molar-refractivity contribution >= 4 is 23.2 Å². The number of para-hydroxylation sites is 1. The minimum atomic E-state index is -0.443. The van der Waals surface area contributed by atoms with Crippen LogP contribution in [0.25, 0.3) is 0 Å². The van der Waals surface area contributed by atoms with Gasteiger partial charge in [-0.3, -0.25) is 9.59 Å². The molecule has 2 aromatic carbocycles. The van der Waals surface area contributed by atoms with Crippen LogP contribution in [0.15, 0.2) is 60.0 Å². The zero-order valence-corrected chi connectivity index (χ0v) is 20.7. The van der Waals surface area contributed by atoms with Gasteiger partial charge >= 0.3 is 0 Å². The summed E-state index contributed by atoms with van der Waals surface area (Å²) in [6.07, 6.45) is 0.735. The zero-order chi connectivity index (χ0) is 24.8. The van der Waals surface area contributed by atoms with Crippen LogP contribution in [0, 0.1) is 12.7 Å². The van der Waals surface area contributed by atoms with Crippen LogP contribution in [0.3, 0.4) is 0 Å². The fourth-order valence-corrected chi connectivity index (χ4v) is 5.22. The van der Waals surface area contributed by atoms with Gasteiger partial charge in [0.1, 0.15) is 13.2 Å². The SMILES string of the molecule is COCCN(CC(=O)N1CCc2sccc2[C@H]1COc1ccccc1F)C(=O)c1ccccc1C. The maximum Gasteiger partial charge on any atom is 0.254 e. The minimum Gasteiger partial charge on any atom is -0.488 e. The summed E-state index contributed by atoms with van der Waals surface area (Å²) in [5, 5.41) is 2.00. The summed E-state index contributed by atoms with van der Waals surface area (Å²) in [7, 11) is 1.57. The molecule has 8 heteroatoms. The van der Waals surface area contributed by atoms with Gasteiger partial charge in [-0.2, -0.15) is 0 Å². The first kappa shape index (κ1) is 24.9. The number of benzene rings is 2. The van der Waals surface area contributed by atoms with E-state index in [9.17, 15) is 14.0 Å². The number of carbonyl (C=O) groups is 2. The van der Waals surface area contributed by atoms with E-state index in [0.29, 0.717) is 25.3 Å². The van der Waals surface area contributed by atoms with Crippen LogP contribution in [0.2, 0.25) is 0 Å². The lowest BCUT2D eigenvalue weighted by Gasteiger charge is -2.37. The maximum absolute atomic E-state index is 14.1. The molecule has 0 radical (unpaired) electrons. The Hall–Kier alpha value is -3.23. The molecule has 1 atom stereocenters. The van der Waals surface area contributed by atoms with E-state index in [0.717, 1.165) is 17.5 Å². The van der Waals surface area contributed by atoms with E-state index >= 15 is 0 Å². The Morgan fingerprint density at radius 1 is 1.14 bits per heavy atom. The lowest BCUT2D eigenvalue weighted by atomic mass is 10.00. The summed E-state index contributed by atoms with van der Waals surface area (Å²) >= 11 is 1.65. The first-order valence-electron chi connectivity index (χ1n) is 11.6. The minimum absolute atomic E-state index is 0.0772. The van der Waals surface area contributed by atoms with Crippen LogP contribution in [0.4, 0.5) is 4.39 Å². The summed E-state index contributed by atoms with van der Waals surface area (Å²) in [5.41, 5.74) is 2.43. The summed E-state index contributed by atoms with van der Waals surface area (Å²) in [4.78, 5) is 31.4. The molecule has 0 saturated heterocycles. The molecule has 0 N–H and O–H groups in total. The van der Waals surface area contributed by atoms with Gasteiger partial charge in [0.25, 0.3) is 5.91 Å². The highest BCUT2D eigenvalue weighted by atomic mass is 32.1. The van der Waals surface area contributed by atoms with Crippen molar-refractivity contribution in [3.05, 3.63) is 87.4 Å². The first-order chi connectivity index (χ1) is 17.0. The number of hydrogen-bond donors (Lipinski definition) is 0. The van der Waals surface area contributed by atoms with E-state index in [2.05, 4.69) is 0 Å². The summed E-state index contributed by atoms with van der Waals surface area (Å²) in [5.74, 6) is -0.678. The van der Waals surface area contributed by atoms with Crippen molar-refractivity contribution in [1.29, 1.82) is 0 Å². The molecule has 2 amide bonds. The van der Waals surface area contributed by atoms with Gasteiger partial charge in [0.2, 0.25) is 5.91 Å². The fraction of sp³-hybridized carbons (Fsp3) is 0.333. The number of nitrogens with zero attached hydrogens (tertiary/aromatic N) is 2. The average molecular weight is 497 g/mol. The average Bonchev–Trinajstić information content (AvgIpc) is 3.35. The Labute approximate surface area is 208 Å². The second kappa shape index (κ2) is 11.5. The molecule has 0 aliphatic carbocycles. The van der Waals surface area contributed by atoms with E-state index in [4.69, 9.17) is 9.47 Å². The zero-order valence-electron chi connectivity index (χ0n) is 19.9. The van der Waals surface area contributed by atoms with Crippen molar-refractivity contribution in [3.63, 3.8) is 0 Å². The molecule has 4 rings (SSSR count). The highest BCUT2D eigenvalue weighted by molar-refractivity contribution is 7.10. The largest absolute Gasteiger partial charge is 0.488 e. The molecule has 0 bridgehead atoms. The van der Waals surface area contributed by atoms with Crippen molar-refractivity contribution < 1.29 is 23.5 Å². The molecule has 184 valence electrons. The van der Waals surface area contributed by atoms with Crippen molar-refractivity contribution in [2.75, 3.05) is 40.0 Å². The number of ether oxygens (including phenoxy) is 2. The third kappa shape index (κ3) is 5.71. The van der Waals surface area contributed by atoms with Crippen LogP contribution < -0.4 is 4.74 Å². The summed E-state index contributed by atoms with van der Waals surface area (Å²) in [6, 6.07) is 15.2. The number of fused-ring (bicyclic) bond motifs is 1. The van der Waals surface area contributed by atoms with Gasteiger partial charge < -0.3 is 19.3 Å². The number of amides is 2. The Kier molecular flexibility index (Phi) is 8.15. The highest BCUT2D eigenvalue weighted by Gasteiger charge is 2.34. The third-order valence-corrected chi connectivity index (χ3v) is 7.20. The predicted molar refractivity (Wildman–Crippen MR) is 133 cm³/mol. The molecule has 35 heavy (non-hydrogen) atoms. The van der Waals surface area contributed by atoms with Gasteiger partial charge in [0.15, 0.2) is 11.6 Å². The Bertz CT molecular complexity index is 1180. The molecule has 0 unspecified atom stereocenters. The number of thiophene rings is 1. The van der Waals surface area contributed by atoms with Crippen molar-refractivity contribution in [2.45, 2.75) is 19.4 Å². The normalized spacial score (nSPS) is 14.9. The number of aryl methyl sites for hydroxylation is 1. The van der Waals surface area contributed by atoms with Crippen LogP contribution in [0.5, 0.6) is 5.75 Å². The molecule has 0 saturated carbocycles. The topological polar surface area (TPSA) is 59.1 Å². The van der Waals surface area contributed by atoms with E-state index in [1.807, 2.05) is 36.6 Å². The number of hydrogen-bond acceptors (Lipinski definition) is 5. The van der Waals surface area contributed by atoms with Crippen molar-refractivity contribution in [2.24, 2.45) is 0 Å². The second-order valence-corrected chi connectivity index (χ2v) is 9.43. The number of rotatable bonds is 9. The molecule has 2 heterocycles. The molecule has 1 aliphatic rings. The van der Waals surface area contributed by atoms with Crippen LogP contribution >= 0.6 is 11.3 Å². The van der Waals surface area contributed by atoms with Crippen LogP contribution in [-0.2, 0) is 16.0 Å². The van der Waals surface area contributed by atoms with Gasteiger partial charge in [-0.1, -0.05) is 30.3 Å². The fourth-order valence-electron chi connectivity index (χ4n) is 4.30. The van der Waals surface area contributed by atoms with E-state index < -0.39 is 5.82 Å². The van der Waals surface area contributed by atoms with E-state index in [-0.39, 0.29) is 36.8 Å². The van der Waals surface area contributed by atoms with Gasteiger partial charge in [-0.25, -0.2) is 4.39 Å². The molecule has 6 nitrogen and oxygen atoms in total. The third-order valence-electron chi connectivity index (χ3n) is 6.20. The molecule has 0 spiro atoms. The van der Waals surface area contributed by atoms with Gasteiger partial charge in [0, 0.05) is 30.6 Å². The standard InChI is InChI=1S/C27H29FN2O4S/c1-19-7-3-4-8-20(19)27(32)29(14-15-33-2)17-26(31)30-13-11-25-21(12-16-35-25)23(30)18-34-24-10-6-5-9-22(24)28/h3-10,12,16,23H,11,13-15,17-18H2,1-2H3/t23-/m1/s1. The first-order valence-corrected chi connectivity index (χ1v) is 12.4. The highest BCUT2D eigenvalue weighted by Crippen LogP contribution is 2.34. The van der Waals surface area contributed by atoms with Gasteiger partial charge in [-0.15, -0.1) is 11.3 Å². The Morgan fingerprint density at radius 3 is 2.69 bits per heavy atom. The van der Waals surface area contributed by atoms with E-state index in [1.165, 1.54) is 15.8 Å².